The third-order valence-electron chi connectivity index (χ3n) is 3.77. The molecule has 0 aliphatic rings. The average molecular weight is 340 g/mol. The quantitative estimate of drug-likeness (QED) is 0.688. The van der Waals surface area contributed by atoms with Crippen molar-refractivity contribution in [3.8, 4) is 0 Å². The number of hydrogen-bond acceptors (Lipinski definition) is 4. The Labute approximate surface area is 145 Å². The van der Waals surface area contributed by atoms with Gasteiger partial charge in [0.25, 0.3) is 0 Å². The summed E-state index contributed by atoms with van der Waals surface area (Å²) in [4.78, 5) is 8.63. The largest absolute Gasteiger partial charge is 0.340 e. The van der Waals surface area contributed by atoms with Crippen LogP contribution in [0.4, 0.5) is 31.9 Å². The first kappa shape index (κ1) is 16.8. The zero-order valence-electron chi connectivity index (χ0n) is 14.2. The number of nitrogens with zero attached hydrogens (tertiary/aromatic N) is 2. The number of nitrogens with one attached hydrogen (secondary N) is 2. The lowest BCUT2D eigenvalue weighted by atomic mass is 10.1. The molecule has 25 heavy (non-hydrogen) atoms. The van der Waals surface area contributed by atoms with Crippen molar-refractivity contribution in [1.29, 1.82) is 0 Å². The van der Waals surface area contributed by atoms with Gasteiger partial charge in [0.2, 0.25) is 5.95 Å². The lowest BCUT2D eigenvalue weighted by Gasteiger charge is -2.14. The second-order valence-corrected chi connectivity index (χ2v) is 5.86. The van der Waals surface area contributed by atoms with Gasteiger partial charge in [0.1, 0.15) is 17.5 Å². The second-order valence-electron chi connectivity index (χ2n) is 5.86. The van der Waals surface area contributed by atoms with E-state index in [0.29, 0.717) is 11.5 Å². The van der Waals surface area contributed by atoms with Crippen molar-refractivity contribution in [2.24, 2.45) is 0 Å². The summed E-state index contributed by atoms with van der Waals surface area (Å²) in [6.07, 6.45) is 0. The number of rotatable bonds is 4. The topological polar surface area (TPSA) is 49.8 Å². The molecule has 1 aromatic heterocycles. The smallest absolute Gasteiger partial charge is 0.229 e. The molecule has 0 aliphatic heterocycles. The minimum atomic E-state index is -0.700. The van der Waals surface area contributed by atoms with Crippen LogP contribution in [-0.2, 0) is 0 Å². The molecule has 0 saturated carbocycles. The summed E-state index contributed by atoms with van der Waals surface area (Å²) in [5.74, 6) is -0.505. The Kier molecular flexibility index (Phi) is 4.61. The van der Waals surface area contributed by atoms with Crippen LogP contribution in [-0.4, -0.2) is 9.97 Å². The highest BCUT2D eigenvalue weighted by Crippen LogP contribution is 2.25. The summed E-state index contributed by atoms with van der Waals surface area (Å²) in [5, 5.41) is 6.08. The van der Waals surface area contributed by atoms with Gasteiger partial charge in [-0.1, -0.05) is 18.2 Å². The standard InChI is InChI=1S/C19H18F2N4/c1-11-5-4-6-12(2)18(11)24-17-9-13(3)22-19(25-17)23-16-8-7-14(20)10-15(16)21/h4-10H,1-3H3,(H2,22,23,24,25). The molecule has 0 radical (unpaired) electrons. The molecule has 1 heterocycles. The molecule has 2 aromatic carbocycles. The van der Waals surface area contributed by atoms with E-state index in [0.717, 1.165) is 22.9 Å². The molecule has 0 bridgehead atoms. The number of aryl methyl sites for hydroxylation is 3. The lowest BCUT2D eigenvalue weighted by molar-refractivity contribution is 0.586. The molecule has 0 atom stereocenters. The van der Waals surface area contributed by atoms with E-state index in [-0.39, 0.29) is 11.6 Å². The monoisotopic (exact) mass is 340 g/mol. The predicted molar refractivity (Wildman–Crippen MR) is 95.6 cm³/mol. The zero-order chi connectivity index (χ0) is 18.0. The second kappa shape index (κ2) is 6.84. The van der Waals surface area contributed by atoms with Crippen LogP contribution in [0.5, 0.6) is 0 Å². The Bertz CT molecular complexity index is 905. The highest BCUT2D eigenvalue weighted by molar-refractivity contribution is 5.66. The van der Waals surface area contributed by atoms with E-state index in [4.69, 9.17) is 0 Å². The maximum absolute atomic E-state index is 13.8. The Morgan fingerprint density at radius 1 is 0.840 bits per heavy atom. The predicted octanol–water partition coefficient (Wildman–Crippen LogP) is 5.17. The first-order chi connectivity index (χ1) is 11.9. The van der Waals surface area contributed by atoms with Gasteiger partial charge in [0, 0.05) is 23.5 Å². The van der Waals surface area contributed by atoms with E-state index in [2.05, 4.69) is 20.6 Å². The highest BCUT2D eigenvalue weighted by atomic mass is 19.1. The van der Waals surface area contributed by atoms with Gasteiger partial charge in [-0.15, -0.1) is 0 Å². The lowest BCUT2D eigenvalue weighted by Crippen LogP contribution is -2.04. The summed E-state index contributed by atoms with van der Waals surface area (Å²) >= 11 is 0. The Morgan fingerprint density at radius 3 is 2.24 bits per heavy atom. The molecule has 0 aliphatic carbocycles. The van der Waals surface area contributed by atoms with Crippen LogP contribution in [0.3, 0.4) is 0 Å². The van der Waals surface area contributed by atoms with Gasteiger partial charge < -0.3 is 10.6 Å². The van der Waals surface area contributed by atoms with Crippen molar-refractivity contribution in [2.45, 2.75) is 20.8 Å². The molecule has 6 heteroatoms. The molecule has 3 rings (SSSR count). The average Bonchev–Trinajstić information content (AvgIpc) is 2.53. The molecule has 0 fully saturated rings. The van der Waals surface area contributed by atoms with Crippen LogP contribution in [0, 0.1) is 32.4 Å². The molecular weight excluding hydrogens is 322 g/mol. The number of halogens is 2. The zero-order valence-corrected chi connectivity index (χ0v) is 14.2. The number of benzene rings is 2. The number of anilines is 4. The first-order valence-electron chi connectivity index (χ1n) is 7.83. The van der Waals surface area contributed by atoms with Gasteiger partial charge in [0.15, 0.2) is 0 Å². The molecular formula is C19H18F2N4. The summed E-state index contributed by atoms with van der Waals surface area (Å²) in [6.45, 7) is 5.84. The van der Waals surface area contributed by atoms with Gasteiger partial charge in [-0.05, 0) is 44.0 Å². The van der Waals surface area contributed by atoms with Gasteiger partial charge >= 0.3 is 0 Å². The Balaban J connectivity index is 1.90. The Morgan fingerprint density at radius 2 is 1.56 bits per heavy atom. The van der Waals surface area contributed by atoms with E-state index in [9.17, 15) is 8.78 Å². The fourth-order valence-corrected chi connectivity index (χ4v) is 2.54. The van der Waals surface area contributed by atoms with Crippen molar-refractivity contribution in [2.75, 3.05) is 10.6 Å². The molecule has 0 saturated heterocycles. The van der Waals surface area contributed by atoms with Crippen LogP contribution in [0.25, 0.3) is 0 Å². The molecule has 0 amide bonds. The summed E-state index contributed by atoms with van der Waals surface area (Å²) in [7, 11) is 0. The van der Waals surface area contributed by atoms with E-state index < -0.39 is 11.6 Å². The van der Waals surface area contributed by atoms with Crippen LogP contribution >= 0.6 is 0 Å². The normalized spacial score (nSPS) is 10.6. The van der Waals surface area contributed by atoms with Gasteiger partial charge in [-0.3, -0.25) is 0 Å². The van der Waals surface area contributed by atoms with Crippen molar-refractivity contribution in [1.82, 2.24) is 9.97 Å². The van der Waals surface area contributed by atoms with Crippen LogP contribution in [0.2, 0.25) is 0 Å². The van der Waals surface area contributed by atoms with Crippen molar-refractivity contribution in [3.63, 3.8) is 0 Å². The fourth-order valence-electron chi connectivity index (χ4n) is 2.54. The summed E-state index contributed by atoms with van der Waals surface area (Å²) < 4.78 is 26.8. The minimum absolute atomic E-state index is 0.116. The molecule has 4 nitrogen and oxygen atoms in total. The highest BCUT2D eigenvalue weighted by Gasteiger charge is 2.09. The molecule has 0 spiro atoms. The first-order valence-corrected chi connectivity index (χ1v) is 7.83. The molecule has 0 unspecified atom stereocenters. The van der Waals surface area contributed by atoms with Crippen molar-refractivity contribution in [3.05, 3.63) is 70.9 Å². The third-order valence-corrected chi connectivity index (χ3v) is 3.77. The van der Waals surface area contributed by atoms with Crippen LogP contribution < -0.4 is 10.6 Å². The SMILES string of the molecule is Cc1cc(Nc2c(C)cccc2C)nc(Nc2ccc(F)cc2F)n1. The third kappa shape index (κ3) is 3.91. The summed E-state index contributed by atoms with van der Waals surface area (Å²) in [6, 6.07) is 11.1. The number of para-hydroxylation sites is 1. The van der Waals surface area contributed by atoms with Crippen LogP contribution in [0.1, 0.15) is 16.8 Å². The maximum atomic E-state index is 13.8. The minimum Gasteiger partial charge on any atom is -0.340 e. The van der Waals surface area contributed by atoms with E-state index >= 15 is 0 Å². The van der Waals surface area contributed by atoms with E-state index in [1.807, 2.05) is 39.0 Å². The van der Waals surface area contributed by atoms with E-state index in [1.54, 1.807) is 6.07 Å². The molecule has 128 valence electrons. The molecule has 3 aromatic rings. The van der Waals surface area contributed by atoms with Crippen LogP contribution in [0.15, 0.2) is 42.5 Å². The van der Waals surface area contributed by atoms with Crippen molar-refractivity contribution < 1.29 is 8.78 Å². The van der Waals surface area contributed by atoms with Gasteiger partial charge in [-0.2, -0.15) is 4.98 Å². The van der Waals surface area contributed by atoms with Gasteiger partial charge in [0.05, 0.1) is 5.69 Å². The summed E-state index contributed by atoms with van der Waals surface area (Å²) in [5.41, 5.74) is 3.99. The number of hydrogen-bond donors (Lipinski definition) is 2. The maximum Gasteiger partial charge on any atom is 0.229 e. The molecule has 2 N–H and O–H groups in total. The van der Waals surface area contributed by atoms with E-state index in [1.165, 1.54) is 12.1 Å². The Hall–Kier alpha value is -3.02. The van der Waals surface area contributed by atoms with Gasteiger partial charge in [-0.25, -0.2) is 13.8 Å². The number of aromatic nitrogens is 2. The fraction of sp³-hybridized carbons (Fsp3) is 0.158. The van der Waals surface area contributed by atoms with Crippen molar-refractivity contribution >= 4 is 23.1 Å².